The van der Waals surface area contributed by atoms with Crippen molar-refractivity contribution in [1.29, 1.82) is 0 Å². The molecule has 0 aliphatic carbocycles. The van der Waals surface area contributed by atoms with Crippen LogP contribution in [0, 0.1) is 5.92 Å². The van der Waals surface area contributed by atoms with Crippen LogP contribution >= 0.6 is 11.3 Å². The highest BCUT2D eigenvalue weighted by atomic mass is 32.1. The van der Waals surface area contributed by atoms with Gasteiger partial charge in [-0.2, -0.15) is 0 Å². The summed E-state index contributed by atoms with van der Waals surface area (Å²) >= 11 is 1.87. The van der Waals surface area contributed by atoms with Gasteiger partial charge >= 0.3 is 0 Å². The fraction of sp³-hybridized carbons (Fsp3) is 0.500. The number of piperidine rings is 1. The van der Waals surface area contributed by atoms with Crippen LogP contribution in [-0.4, -0.2) is 24.5 Å². The molecule has 0 aromatic carbocycles. The first-order chi connectivity index (χ1) is 9.90. The van der Waals surface area contributed by atoms with E-state index in [-0.39, 0.29) is 0 Å². The van der Waals surface area contributed by atoms with E-state index in [0.29, 0.717) is 0 Å². The lowest BCUT2D eigenvalue weighted by molar-refractivity contribution is 0.176. The maximum atomic E-state index is 5.33. The van der Waals surface area contributed by atoms with Crippen LogP contribution in [0.4, 0.5) is 0 Å². The van der Waals surface area contributed by atoms with Crippen molar-refractivity contribution in [3.05, 3.63) is 46.5 Å². The van der Waals surface area contributed by atoms with E-state index in [4.69, 9.17) is 4.42 Å². The van der Waals surface area contributed by atoms with Crippen molar-refractivity contribution in [1.82, 2.24) is 10.2 Å². The highest BCUT2D eigenvalue weighted by Gasteiger charge is 2.19. The molecule has 0 spiro atoms. The van der Waals surface area contributed by atoms with Crippen LogP contribution in [-0.2, 0) is 13.1 Å². The fourth-order valence-electron chi connectivity index (χ4n) is 2.78. The number of nitrogens with one attached hydrogen (secondary N) is 1. The third-order valence-corrected chi connectivity index (χ3v) is 4.84. The summed E-state index contributed by atoms with van der Waals surface area (Å²) in [5.41, 5.74) is 0. The minimum atomic E-state index is 0.810. The van der Waals surface area contributed by atoms with E-state index in [2.05, 4.69) is 27.7 Å². The second kappa shape index (κ2) is 7.07. The van der Waals surface area contributed by atoms with Gasteiger partial charge in [0.2, 0.25) is 0 Å². The van der Waals surface area contributed by atoms with Crippen molar-refractivity contribution < 1.29 is 4.42 Å². The zero-order valence-electron chi connectivity index (χ0n) is 11.8. The van der Waals surface area contributed by atoms with Gasteiger partial charge in [0.1, 0.15) is 5.76 Å². The minimum absolute atomic E-state index is 0.810. The quantitative estimate of drug-likeness (QED) is 0.884. The number of hydrogen-bond donors (Lipinski definition) is 1. The van der Waals surface area contributed by atoms with Gasteiger partial charge in [0.15, 0.2) is 0 Å². The summed E-state index contributed by atoms with van der Waals surface area (Å²) in [6.45, 7) is 5.54. The Hall–Kier alpha value is -1.10. The van der Waals surface area contributed by atoms with E-state index in [0.717, 1.165) is 31.3 Å². The van der Waals surface area contributed by atoms with E-state index in [1.807, 2.05) is 23.5 Å². The Labute approximate surface area is 124 Å². The lowest BCUT2D eigenvalue weighted by atomic mass is 9.97. The van der Waals surface area contributed by atoms with Crippen LogP contribution in [0.5, 0.6) is 0 Å². The first kappa shape index (κ1) is 13.9. The van der Waals surface area contributed by atoms with Crippen LogP contribution in [0.25, 0.3) is 0 Å². The van der Waals surface area contributed by atoms with Gasteiger partial charge < -0.3 is 9.73 Å². The number of hydrogen-bond acceptors (Lipinski definition) is 4. The maximum absolute atomic E-state index is 5.33. The Bertz CT molecular complexity index is 473. The fourth-order valence-corrected chi connectivity index (χ4v) is 3.53. The van der Waals surface area contributed by atoms with Gasteiger partial charge in [0.05, 0.1) is 12.8 Å². The predicted molar refractivity (Wildman–Crippen MR) is 82.7 cm³/mol. The number of nitrogens with zero attached hydrogens (tertiary/aromatic N) is 1. The third kappa shape index (κ3) is 3.95. The first-order valence-corrected chi connectivity index (χ1v) is 8.26. The lowest BCUT2D eigenvalue weighted by Crippen LogP contribution is -2.36. The topological polar surface area (TPSA) is 28.4 Å². The molecule has 0 saturated carbocycles. The van der Waals surface area contributed by atoms with Crippen LogP contribution in [0.1, 0.15) is 23.5 Å². The van der Waals surface area contributed by atoms with Crippen molar-refractivity contribution in [3.8, 4) is 0 Å². The summed E-state index contributed by atoms with van der Waals surface area (Å²) in [5, 5.41) is 5.67. The number of thiophene rings is 1. The SMILES string of the molecule is c1coc(CNCC2CCN(Cc3cccs3)CC2)c1. The van der Waals surface area contributed by atoms with Gasteiger partial charge in [0.25, 0.3) is 0 Å². The molecule has 0 bridgehead atoms. The minimum Gasteiger partial charge on any atom is -0.468 e. The van der Waals surface area contributed by atoms with Gasteiger partial charge in [-0.15, -0.1) is 11.3 Å². The predicted octanol–water partition coefficient (Wildman–Crippen LogP) is 3.34. The average molecular weight is 290 g/mol. The van der Waals surface area contributed by atoms with Crippen molar-refractivity contribution in [3.63, 3.8) is 0 Å². The molecule has 1 N–H and O–H groups in total. The van der Waals surface area contributed by atoms with Crippen molar-refractivity contribution in [2.45, 2.75) is 25.9 Å². The van der Waals surface area contributed by atoms with Gasteiger partial charge in [-0.3, -0.25) is 4.90 Å². The van der Waals surface area contributed by atoms with Gasteiger partial charge in [0, 0.05) is 11.4 Å². The van der Waals surface area contributed by atoms with E-state index in [1.165, 1.54) is 30.8 Å². The lowest BCUT2D eigenvalue weighted by Gasteiger charge is -2.31. The summed E-state index contributed by atoms with van der Waals surface area (Å²) in [5.74, 6) is 1.84. The molecule has 20 heavy (non-hydrogen) atoms. The normalized spacial score (nSPS) is 17.6. The summed E-state index contributed by atoms with van der Waals surface area (Å²) in [6.07, 6.45) is 4.34. The zero-order valence-corrected chi connectivity index (χ0v) is 12.6. The Balaban J connectivity index is 1.34. The van der Waals surface area contributed by atoms with Crippen LogP contribution in [0.2, 0.25) is 0 Å². The smallest absolute Gasteiger partial charge is 0.117 e. The van der Waals surface area contributed by atoms with Crippen molar-refractivity contribution >= 4 is 11.3 Å². The highest BCUT2D eigenvalue weighted by Crippen LogP contribution is 2.20. The molecule has 0 amide bonds. The highest BCUT2D eigenvalue weighted by molar-refractivity contribution is 7.09. The Morgan fingerprint density at radius 2 is 2.15 bits per heavy atom. The molecule has 0 radical (unpaired) electrons. The summed E-state index contributed by atoms with van der Waals surface area (Å²) in [6, 6.07) is 8.35. The molecule has 3 nitrogen and oxygen atoms in total. The molecular weight excluding hydrogens is 268 g/mol. The van der Waals surface area contributed by atoms with E-state index >= 15 is 0 Å². The molecule has 1 saturated heterocycles. The van der Waals surface area contributed by atoms with Crippen LogP contribution < -0.4 is 5.32 Å². The van der Waals surface area contributed by atoms with Gasteiger partial charge in [-0.1, -0.05) is 6.07 Å². The molecule has 3 heterocycles. The molecule has 1 aliphatic rings. The van der Waals surface area contributed by atoms with E-state index < -0.39 is 0 Å². The van der Waals surface area contributed by atoms with E-state index in [1.54, 1.807) is 6.26 Å². The molecule has 1 fully saturated rings. The third-order valence-electron chi connectivity index (χ3n) is 3.98. The molecule has 0 atom stereocenters. The maximum Gasteiger partial charge on any atom is 0.117 e. The molecular formula is C16H22N2OS. The van der Waals surface area contributed by atoms with Crippen LogP contribution in [0.15, 0.2) is 40.3 Å². The molecule has 2 aromatic heterocycles. The molecule has 3 rings (SSSR count). The zero-order chi connectivity index (χ0) is 13.6. The van der Waals surface area contributed by atoms with Crippen molar-refractivity contribution in [2.24, 2.45) is 5.92 Å². The number of furan rings is 1. The Kier molecular flexibility index (Phi) is 4.90. The van der Waals surface area contributed by atoms with Crippen LogP contribution in [0.3, 0.4) is 0 Å². The second-order valence-electron chi connectivity index (χ2n) is 5.51. The van der Waals surface area contributed by atoms with Gasteiger partial charge in [-0.25, -0.2) is 0 Å². The Morgan fingerprint density at radius 1 is 1.25 bits per heavy atom. The van der Waals surface area contributed by atoms with Crippen molar-refractivity contribution in [2.75, 3.05) is 19.6 Å². The molecule has 0 unspecified atom stereocenters. The first-order valence-electron chi connectivity index (χ1n) is 7.38. The standard InChI is InChI=1S/C16H22N2OS/c1-3-15(19-9-1)12-17-11-14-5-7-18(8-6-14)13-16-4-2-10-20-16/h1-4,9-10,14,17H,5-8,11-13H2. The second-order valence-corrected chi connectivity index (χ2v) is 6.54. The number of rotatable bonds is 6. The molecule has 1 aliphatic heterocycles. The Morgan fingerprint density at radius 3 is 2.85 bits per heavy atom. The van der Waals surface area contributed by atoms with Gasteiger partial charge in [-0.05, 0) is 62.0 Å². The summed E-state index contributed by atoms with van der Waals surface area (Å²) in [4.78, 5) is 4.06. The molecule has 4 heteroatoms. The van der Waals surface area contributed by atoms with E-state index in [9.17, 15) is 0 Å². The largest absolute Gasteiger partial charge is 0.468 e. The molecule has 108 valence electrons. The average Bonchev–Trinajstić information content (AvgIpc) is 3.14. The monoisotopic (exact) mass is 290 g/mol. The number of likely N-dealkylation sites (tertiary alicyclic amines) is 1. The molecule has 2 aromatic rings. The summed E-state index contributed by atoms with van der Waals surface area (Å²) < 4.78 is 5.33. The summed E-state index contributed by atoms with van der Waals surface area (Å²) in [7, 11) is 0.